The van der Waals surface area contributed by atoms with Gasteiger partial charge in [0.25, 0.3) is 0 Å². The first kappa shape index (κ1) is 20.6. The Morgan fingerprint density at radius 3 is 2.09 bits per heavy atom. The van der Waals surface area contributed by atoms with Gasteiger partial charge in [0.05, 0.1) is 0 Å². The molecule has 0 radical (unpaired) electrons. The molecule has 1 aromatic rings. The fraction of sp³-hybridized carbons (Fsp3) is 0.625. The minimum atomic E-state index is -1.11. The number of benzene rings is 1. The summed E-state index contributed by atoms with van der Waals surface area (Å²) in [5.41, 5.74) is 0.322. The van der Waals surface area contributed by atoms with Crippen molar-refractivity contribution in [2.24, 2.45) is 5.92 Å². The zero-order chi connectivity index (χ0) is 14.8. The van der Waals surface area contributed by atoms with Crippen LogP contribution in [-0.4, -0.2) is 31.1 Å². The van der Waals surface area contributed by atoms with Crippen molar-refractivity contribution in [1.82, 2.24) is 10.2 Å². The van der Waals surface area contributed by atoms with Crippen LogP contribution in [0.1, 0.15) is 37.3 Å². The SMILES string of the molecule is Cl.Cl.Fc1cc(F)c([C@H](C2CCCC2)N2CCNCC2)cc1F. The molecule has 0 amide bonds. The molecule has 23 heavy (non-hydrogen) atoms. The number of hydrogen-bond donors (Lipinski definition) is 1. The molecular weight excluding hydrogens is 348 g/mol. The highest BCUT2D eigenvalue weighted by molar-refractivity contribution is 5.85. The van der Waals surface area contributed by atoms with E-state index in [1.54, 1.807) is 0 Å². The summed E-state index contributed by atoms with van der Waals surface area (Å²) in [6.45, 7) is 3.35. The van der Waals surface area contributed by atoms with E-state index in [4.69, 9.17) is 0 Å². The molecule has 1 aromatic carbocycles. The average Bonchev–Trinajstić information content (AvgIpc) is 3.00. The Labute approximate surface area is 147 Å². The zero-order valence-corrected chi connectivity index (χ0v) is 14.5. The van der Waals surface area contributed by atoms with Crippen LogP contribution < -0.4 is 5.32 Å². The second-order valence-electron chi connectivity index (χ2n) is 6.06. The molecule has 1 saturated heterocycles. The molecular formula is C16H23Cl2F3N2. The molecule has 2 fully saturated rings. The summed E-state index contributed by atoms with van der Waals surface area (Å²) in [7, 11) is 0. The molecule has 2 nitrogen and oxygen atoms in total. The van der Waals surface area contributed by atoms with Crippen molar-refractivity contribution in [1.29, 1.82) is 0 Å². The summed E-state index contributed by atoms with van der Waals surface area (Å²) >= 11 is 0. The predicted octanol–water partition coefficient (Wildman–Crippen LogP) is 4.08. The quantitative estimate of drug-likeness (QED) is 0.806. The van der Waals surface area contributed by atoms with E-state index in [-0.39, 0.29) is 30.9 Å². The molecule has 1 saturated carbocycles. The van der Waals surface area contributed by atoms with Crippen LogP contribution in [0.5, 0.6) is 0 Å². The van der Waals surface area contributed by atoms with Crippen LogP contribution in [0.4, 0.5) is 13.2 Å². The van der Waals surface area contributed by atoms with Gasteiger partial charge in [-0.25, -0.2) is 13.2 Å². The third-order valence-electron chi connectivity index (χ3n) is 4.75. The Balaban J connectivity index is 0.00000132. The van der Waals surface area contributed by atoms with Crippen molar-refractivity contribution in [3.63, 3.8) is 0 Å². The van der Waals surface area contributed by atoms with Crippen molar-refractivity contribution in [2.75, 3.05) is 26.2 Å². The first-order chi connectivity index (χ1) is 10.2. The Morgan fingerprint density at radius 1 is 0.913 bits per heavy atom. The van der Waals surface area contributed by atoms with E-state index in [0.29, 0.717) is 17.5 Å². The monoisotopic (exact) mass is 370 g/mol. The highest BCUT2D eigenvalue weighted by atomic mass is 35.5. The van der Waals surface area contributed by atoms with Crippen LogP contribution in [0, 0.1) is 23.4 Å². The van der Waals surface area contributed by atoms with E-state index in [1.807, 2.05) is 0 Å². The molecule has 0 bridgehead atoms. The summed E-state index contributed by atoms with van der Waals surface area (Å²) in [6.07, 6.45) is 4.34. The Kier molecular flexibility index (Phi) is 8.14. The van der Waals surface area contributed by atoms with Gasteiger partial charge in [0.15, 0.2) is 11.6 Å². The van der Waals surface area contributed by atoms with Gasteiger partial charge in [-0.05, 0) is 24.8 Å². The van der Waals surface area contributed by atoms with Crippen LogP contribution in [0.15, 0.2) is 12.1 Å². The molecule has 7 heteroatoms. The Morgan fingerprint density at radius 2 is 1.48 bits per heavy atom. The zero-order valence-electron chi connectivity index (χ0n) is 12.9. The highest BCUT2D eigenvalue weighted by Gasteiger charge is 2.34. The van der Waals surface area contributed by atoms with Crippen molar-refractivity contribution in [3.8, 4) is 0 Å². The standard InChI is InChI=1S/C16H21F3N2.2ClH/c17-13-10-15(19)14(18)9-12(13)16(11-3-1-2-4-11)21-7-5-20-6-8-21;;/h9-11,16,20H,1-8H2;2*1H/t16-;;/m0../s1. The van der Waals surface area contributed by atoms with Gasteiger partial charge in [0.1, 0.15) is 5.82 Å². The molecule has 1 atom stereocenters. The molecule has 0 unspecified atom stereocenters. The number of piperazine rings is 1. The maximum absolute atomic E-state index is 14.2. The molecule has 1 aliphatic heterocycles. The van der Waals surface area contributed by atoms with Crippen LogP contribution in [-0.2, 0) is 0 Å². The third-order valence-corrected chi connectivity index (χ3v) is 4.75. The molecule has 1 N–H and O–H groups in total. The number of hydrogen-bond acceptors (Lipinski definition) is 2. The number of nitrogens with zero attached hydrogens (tertiary/aromatic N) is 1. The highest BCUT2D eigenvalue weighted by Crippen LogP contribution is 2.40. The van der Waals surface area contributed by atoms with Crippen molar-refractivity contribution in [3.05, 3.63) is 35.1 Å². The second kappa shape index (κ2) is 9.11. The molecule has 1 aliphatic carbocycles. The maximum Gasteiger partial charge on any atom is 0.161 e. The van der Waals surface area contributed by atoms with E-state index in [9.17, 15) is 13.2 Å². The third kappa shape index (κ3) is 4.53. The van der Waals surface area contributed by atoms with Crippen molar-refractivity contribution >= 4 is 24.8 Å². The summed E-state index contributed by atoms with van der Waals surface area (Å²) < 4.78 is 41.0. The van der Waals surface area contributed by atoms with Gasteiger partial charge < -0.3 is 5.32 Å². The van der Waals surface area contributed by atoms with E-state index in [2.05, 4.69) is 10.2 Å². The molecule has 3 rings (SSSR count). The van der Waals surface area contributed by atoms with E-state index in [1.165, 1.54) is 0 Å². The molecule has 1 heterocycles. The van der Waals surface area contributed by atoms with Crippen LogP contribution in [0.25, 0.3) is 0 Å². The second-order valence-corrected chi connectivity index (χ2v) is 6.06. The van der Waals surface area contributed by atoms with Gasteiger partial charge in [-0.1, -0.05) is 12.8 Å². The minimum absolute atomic E-state index is 0. The summed E-state index contributed by atoms with van der Waals surface area (Å²) in [6, 6.07) is 1.62. The average molecular weight is 371 g/mol. The summed E-state index contributed by atoms with van der Waals surface area (Å²) in [5, 5.41) is 3.28. The first-order valence-electron chi connectivity index (χ1n) is 7.76. The Hall–Kier alpha value is -0.490. The first-order valence-corrected chi connectivity index (χ1v) is 7.76. The number of rotatable bonds is 3. The van der Waals surface area contributed by atoms with Gasteiger partial charge in [-0.3, -0.25) is 4.90 Å². The lowest BCUT2D eigenvalue weighted by atomic mass is 9.89. The predicted molar refractivity (Wildman–Crippen MR) is 90.0 cm³/mol. The van der Waals surface area contributed by atoms with Crippen molar-refractivity contribution in [2.45, 2.75) is 31.7 Å². The van der Waals surface area contributed by atoms with Crippen LogP contribution in [0.3, 0.4) is 0 Å². The smallest absolute Gasteiger partial charge is 0.161 e. The normalized spacial score (nSPS) is 20.7. The van der Waals surface area contributed by atoms with Crippen LogP contribution in [0.2, 0.25) is 0 Å². The van der Waals surface area contributed by atoms with E-state index in [0.717, 1.165) is 57.9 Å². The lowest BCUT2D eigenvalue weighted by molar-refractivity contribution is 0.122. The molecule has 2 aliphatic rings. The fourth-order valence-electron chi connectivity index (χ4n) is 3.75. The lowest BCUT2D eigenvalue weighted by Gasteiger charge is -2.38. The summed E-state index contributed by atoms with van der Waals surface area (Å²) in [5.74, 6) is -2.35. The van der Waals surface area contributed by atoms with Crippen molar-refractivity contribution < 1.29 is 13.2 Å². The summed E-state index contributed by atoms with van der Waals surface area (Å²) in [4.78, 5) is 2.22. The molecule has 0 spiro atoms. The van der Waals surface area contributed by atoms with E-state index < -0.39 is 17.5 Å². The fourth-order valence-corrected chi connectivity index (χ4v) is 3.75. The minimum Gasteiger partial charge on any atom is -0.314 e. The largest absolute Gasteiger partial charge is 0.314 e. The molecule has 0 aromatic heterocycles. The maximum atomic E-state index is 14.2. The van der Waals surface area contributed by atoms with Gasteiger partial charge >= 0.3 is 0 Å². The van der Waals surface area contributed by atoms with Crippen LogP contribution >= 0.6 is 24.8 Å². The number of halogens is 5. The lowest BCUT2D eigenvalue weighted by Crippen LogP contribution is -2.47. The Bertz CT molecular complexity index is 504. The van der Waals surface area contributed by atoms with Gasteiger partial charge in [-0.2, -0.15) is 0 Å². The number of nitrogens with one attached hydrogen (secondary N) is 1. The van der Waals surface area contributed by atoms with Gasteiger partial charge in [-0.15, -0.1) is 24.8 Å². The van der Waals surface area contributed by atoms with Gasteiger partial charge in [0, 0.05) is 43.9 Å². The van der Waals surface area contributed by atoms with Gasteiger partial charge in [0.2, 0.25) is 0 Å². The van der Waals surface area contributed by atoms with E-state index >= 15 is 0 Å². The molecule has 132 valence electrons. The topological polar surface area (TPSA) is 15.3 Å².